The van der Waals surface area contributed by atoms with Crippen LogP contribution in [0.5, 0.6) is 0 Å². The molecule has 1 aliphatic rings. The second kappa shape index (κ2) is 19.9. The Balaban J connectivity index is 1.23. The van der Waals surface area contributed by atoms with Crippen molar-refractivity contribution in [1.29, 1.82) is 0 Å². The van der Waals surface area contributed by atoms with Crippen LogP contribution in [0.1, 0.15) is 56.1 Å². The first kappa shape index (κ1) is 43.8. The van der Waals surface area contributed by atoms with Gasteiger partial charge in [0.2, 0.25) is 0 Å². The lowest BCUT2D eigenvalue weighted by molar-refractivity contribution is -0.319. The molecule has 0 spiro atoms. The molecule has 0 radical (unpaired) electrons. The van der Waals surface area contributed by atoms with E-state index in [1.807, 2.05) is 0 Å². The van der Waals surface area contributed by atoms with Crippen molar-refractivity contribution in [2.24, 2.45) is 0 Å². The lowest BCUT2D eigenvalue weighted by atomic mass is 9.98. The van der Waals surface area contributed by atoms with Crippen LogP contribution in [0.2, 0.25) is 0 Å². The van der Waals surface area contributed by atoms with Gasteiger partial charge in [-0.15, -0.1) is 10.2 Å². The Kier molecular flexibility index (Phi) is 15.0. The number of hydrogen-bond donors (Lipinski definition) is 5. The van der Waals surface area contributed by atoms with Gasteiger partial charge in [-0.05, 0) is 47.5 Å². The molecule has 1 fully saturated rings. The summed E-state index contributed by atoms with van der Waals surface area (Å²) in [6, 6.07) is 0. The highest BCUT2D eigenvalue weighted by Crippen LogP contribution is 2.28. The zero-order valence-electron chi connectivity index (χ0n) is 33.0. The highest BCUT2D eigenvalue weighted by atomic mass is 16.7. The van der Waals surface area contributed by atoms with Gasteiger partial charge in [-0.2, -0.15) is 0 Å². The predicted molar refractivity (Wildman–Crippen MR) is 200 cm³/mol. The van der Waals surface area contributed by atoms with E-state index in [0.29, 0.717) is 61.5 Å². The number of alkyl carbamates (subject to hydrolysis) is 1. The number of amides is 1. The average molecular weight is 818 g/mol. The van der Waals surface area contributed by atoms with Crippen molar-refractivity contribution in [2.45, 2.75) is 123 Å². The fourth-order valence-corrected chi connectivity index (χ4v) is 5.95. The highest BCUT2D eigenvalue weighted by molar-refractivity contribution is 5.67. The molecule has 0 aliphatic carbocycles. The molecule has 1 saturated heterocycles. The van der Waals surface area contributed by atoms with E-state index in [-0.39, 0.29) is 26.4 Å². The Morgan fingerprint density at radius 1 is 0.810 bits per heavy atom. The molecule has 4 aromatic heterocycles. The van der Waals surface area contributed by atoms with Gasteiger partial charge < -0.3 is 48.3 Å². The van der Waals surface area contributed by atoms with Crippen LogP contribution in [0.15, 0.2) is 44.0 Å². The van der Waals surface area contributed by atoms with Gasteiger partial charge in [0.05, 0.1) is 38.8 Å². The molecule has 0 saturated carbocycles. The van der Waals surface area contributed by atoms with Gasteiger partial charge in [0.15, 0.2) is 6.29 Å². The number of carbonyl (C=O) groups is 1. The summed E-state index contributed by atoms with van der Waals surface area (Å²) in [4.78, 5) is 64.4. The molecule has 318 valence electrons. The van der Waals surface area contributed by atoms with Crippen molar-refractivity contribution < 1.29 is 38.7 Å². The highest BCUT2D eigenvalue weighted by Gasteiger charge is 2.47. The summed E-state index contributed by atoms with van der Waals surface area (Å²) in [6.07, 6.45) is 0.774. The number of aromatic amines is 2. The van der Waals surface area contributed by atoms with E-state index in [9.17, 15) is 34.2 Å². The number of rotatable bonds is 19. The number of carbonyl (C=O) groups excluding carboxylic acids is 1. The molecule has 1 amide bonds. The van der Waals surface area contributed by atoms with Crippen molar-refractivity contribution >= 4 is 6.09 Å². The standard InChI is InChI=1S/C35H51N11O12/c1-21-14-43(32(51)37-29(21)49)9-6-11-45-16-23(39-41-45)19-55-27-26(48)25(18-47)57-31(54-13-8-36-34(53)58-35(3,4)5)28(27)56-20-24-17-46(42-40-24)12-7-10-44-15-22(2)30(50)38-33(44)52/h14-17,25-28,31,47-48H,6-13,18-20H2,1-5H3,(H,36,53)(H,37,49,51)(H,38,50,52)/t25-,26-,27+,28+,31+/m1/s1. The molecule has 1 aliphatic heterocycles. The van der Waals surface area contributed by atoms with Crippen molar-refractivity contribution in [3.63, 3.8) is 0 Å². The molecule has 5 atom stereocenters. The van der Waals surface area contributed by atoms with Crippen LogP contribution in [0.4, 0.5) is 4.79 Å². The Morgan fingerprint density at radius 2 is 1.33 bits per heavy atom. The SMILES string of the molecule is Cc1cn(CCCn2cc(CO[C@@H]3[C@@H](OCCNC(=O)OC(C)(C)C)O[C@H](CO)[C@@H](O)[C@@H]3OCc3cn(CCCn4cc(C)c(=O)[nH]c4=O)nn3)nn2)c(=O)[nH]c1=O. The number of ether oxygens (including phenoxy) is 5. The predicted octanol–water partition coefficient (Wildman–Crippen LogP) is -1.54. The van der Waals surface area contributed by atoms with Gasteiger partial charge in [-0.3, -0.25) is 28.9 Å². The number of nitrogens with zero attached hydrogens (tertiary/aromatic N) is 8. The lowest BCUT2D eigenvalue weighted by Gasteiger charge is -2.43. The van der Waals surface area contributed by atoms with Gasteiger partial charge in [0.25, 0.3) is 11.1 Å². The Morgan fingerprint density at radius 3 is 1.83 bits per heavy atom. The largest absolute Gasteiger partial charge is 0.444 e. The molecular formula is C35H51N11O12. The number of H-pyrrole nitrogens is 2. The maximum atomic E-state index is 12.2. The maximum Gasteiger partial charge on any atom is 0.407 e. The molecule has 4 aromatic rings. The minimum absolute atomic E-state index is 0.0397. The summed E-state index contributed by atoms with van der Waals surface area (Å²) in [6.45, 7) is 9.06. The molecule has 23 heteroatoms. The molecule has 5 N–H and O–H groups in total. The normalized spacial score (nSPS) is 19.7. The van der Waals surface area contributed by atoms with E-state index < -0.39 is 71.5 Å². The molecule has 0 unspecified atom stereocenters. The molecule has 5 rings (SSSR count). The molecule has 0 aromatic carbocycles. The van der Waals surface area contributed by atoms with Gasteiger partial charge in [-0.25, -0.2) is 14.4 Å². The van der Waals surface area contributed by atoms with Crippen molar-refractivity contribution in [2.75, 3.05) is 19.8 Å². The maximum absolute atomic E-state index is 12.2. The first-order valence-corrected chi connectivity index (χ1v) is 18.7. The van der Waals surface area contributed by atoms with Gasteiger partial charge in [0.1, 0.15) is 41.4 Å². The minimum atomic E-state index is -1.38. The monoisotopic (exact) mass is 817 g/mol. The van der Waals surface area contributed by atoms with Crippen LogP contribution in [0, 0.1) is 13.8 Å². The van der Waals surface area contributed by atoms with Crippen molar-refractivity contribution in [3.05, 3.63) is 89.0 Å². The number of aliphatic hydroxyl groups excluding tert-OH is 2. The van der Waals surface area contributed by atoms with Crippen LogP contribution >= 0.6 is 0 Å². The fraction of sp³-hybridized carbons (Fsp3) is 0.629. The van der Waals surface area contributed by atoms with Crippen molar-refractivity contribution in [3.8, 4) is 0 Å². The topological polar surface area (TPSA) is 287 Å². The van der Waals surface area contributed by atoms with Gasteiger partial charge in [0, 0.05) is 56.2 Å². The molecule has 23 nitrogen and oxygen atoms in total. The summed E-state index contributed by atoms with van der Waals surface area (Å²) in [5, 5.41) is 40.6. The van der Waals surface area contributed by atoms with Crippen LogP contribution in [0.25, 0.3) is 0 Å². The van der Waals surface area contributed by atoms with Crippen LogP contribution in [-0.2, 0) is 63.1 Å². The second-order valence-corrected chi connectivity index (χ2v) is 14.7. The van der Waals surface area contributed by atoms with Gasteiger partial charge >= 0.3 is 17.5 Å². The third-order valence-corrected chi connectivity index (χ3v) is 8.82. The molecular weight excluding hydrogens is 766 g/mol. The van der Waals surface area contributed by atoms with Crippen LogP contribution in [0.3, 0.4) is 0 Å². The second-order valence-electron chi connectivity index (χ2n) is 14.7. The molecule has 58 heavy (non-hydrogen) atoms. The zero-order chi connectivity index (χ0) is 42.0. The Labute approximate surface area is 330 Å². The first-order valence-electron chi connectivity index (χ1n) is 18.7. The summed E-state index contributed by atoms with van der Waals surface area (Å²) in [5.74, 6) is 0. The van der Waals surface area contributed by atoms with E-state index in [0.717, 1.165) is 0 Å². The van der Waals surface area contributed by atoms with E-state index in [1.54, 1.807) is 56.4 Å². The third kappa shape index (κ3) is 12.3. The van der Waals surface area contributed by atoms with Crippen LogP contribution < -0.4 is 27.8 Å². The summed E-state index contributed by atoms with van der Waals surface area (Å²) >= 11 is 0. The van der Waals surface area contributed by atoms with Crippen LogP contribution in [-0.4, -0.2) is 121 Å². The quantitative estimate of drug-likeness (QED) is 0.0670. The first-order chi connectivity index (χ1) is 27.6. The molecule has 0 bridgehead atoms. The molecule has 5 heterocycles. The number of aliphatic hydroxyl groups is 2. The Hall–Kier alpha value is -5.33. The minimum Gasteiger partial charge on any atom is -0.444 e. The number of aryl methyl sites for hydroxylation is 6. The summed E-state index contributed by atoms with van der Waals surface area (Å²) in [5.41, 5.74) is -0.905. The lowest BCUT2D eigenvalue weighted by Crippen LogP contribution is -2.61. The Bertz CT molecular complexity index is 2200. The summed E-state index contributed by atoms with van der Waals surface area (Å²) < 4.78 is 35.5. The third-order valence-electron chi connectivity index (χ3n) is 8.82. The van der Waals surface area contributed by atoms with E-state index in [2.05, 4.69) is 35.9 Å². The van der Waals surface area contributed by atoms with E-state index in [1.165, 1.54) is 21.5 Å². The zero-order valence-corrected chi connectivity index (χ0v) is 33.0. The average Bonchev–Trinajstić information content (AvgIpc) is 3.82. The van der Waals surface area contributed by atoms with Crippen molar-refractivity contribution in [1.82, 2.24) is 54.4 Å². The smallest absolute Gasteiger partial charge is 0.407 e. The van der Waals surface area contributed by atoms with E-state index in [4.69, 9.17) is 23.7 Å². The number of nitrogens with one attached hydrogen (secondary N) is 3. The summed E-state index contributed by atoms with van der Waals surface area (Å²) in [7, 11) is 0. The number of hydrogen-bond acceptors (Lipinski definition) is 16. The fourth-order valence-electron chi connectivity index (χ4n) is 5.95. The number of aromatic nitrogens is 10. The van der Waals surface area contributed by atoms with Gasteiger partial charge in [-0.1, -0.05) is 10.4 Å². The van der Waals surface area contributed by atoms with E-state index >= 15 is 0 Å².